The van der Waals surface area contributed by atoms with E-state index in [-0.39, 0.29) is 18.8 Å². The smallest absolute Gasteiger partial charge is 0.277 e. The molecule has 2 aromatic carbocycles. The molecule has 2 amide bonds. The molecule has 0 bridgehead atoms. The monoisotopic (exact) mass is 360 g/mol. The molecule has 2 N–H and O–H groups in total. The van der Waals surface area contributed by atoms with Crippen LogP contribution < -0.4 is 5.32 Å². The van der Waals surface area contributed by atoms with Gasteiger partial charge in [0.05, 0.1) is 13.2 Å². The zero-order valence-electron chi connectivity index (χ0n) is 11.5. The Hall–Kier alpha value is -2.18. The van der Waals surface area contributed by atoms with E-state index < -0.39 is 11.8 Å². The lowest BCUT2D eigenvalue weighted by molar-refractivity contribution is -0.137. The summed E-state index contributed by atoms with van der Waals surface area (Å²) in [4.78, 5) is 24.9. The number of rotatable bonds is 4. The molecule has 0 fully saturated rings. The van der Waals surface area contributed by atoms with Crippen LogP contribution in [0.5, 0.6) is 0 Å². The van der Waals surface area contributed by atoms with E-state index in [1.54, 1.807) is 0 Å². The summed E-state index contributed by atoms with van der Waals surface area (Å²) in [5.74, 6) is -0.839. The molecule has 0 radical (unpaired) electrons. The Kier molecular flexibility index (Phi) is 3.96. The Morgan fingerprint density at radius 3 is 2.55 bits per heavy atom. The average Bonchev–Trinajstić information content (AvgIpc) is 2.78. The maximum Gasteiger partial charge on any atom is 0.277 e. The molecule has 3 rings (SSSR count). The number of halogens is 1. The quantitative estimate of drug-likeness (QED) is 0.820. The van der Waals surface area contributed by atoms with E-state index >= 15 is 0 Å². The molecule has 2 aromatic rings. The van der Waals surface area contributed by atoms with Gasteiger partial charge >= 0.3 is 0 Å². The Labute approximate surface area is 135 Å². The highest BCUT2D eigenvalue weighted by Gasteiger charge is 2.30. The molecule has 0 aliphatic carbocycles. The first-order valence-corrected chi connectivity index (χ1v) is 7.54. The van der Waals surface area contributed by atoms with Crippen LogP contribution >= 0.6 is 15.9 Å². The van der Waals surface area contributed by atoms with E-state index in [4.69, 9.17) is 5.11 Å². The molecular weight excluding hydrogens is 348 g/mol. The highest BCUT2D eigenvalue weighted by molar-refractivity contribution is 9.10. The molecule has 0 spiro atoms. The molecule has 22 heavy (non-hydrogen) atoms. The van der Waals surface area contributed by atoms with Gasteiger partial charge in [0.25, 0.3) is 11.8 Å². The molecule has 0 saturated carbocycles. The lowest BCUT2D eigenvalue weighted by atomic mass is 10.1. The lowest BCUT2D eigenvalue weighted by Crippen LogP contribution is -2.34. The minimum absolute atomic E-state index is 0.000429. The summed E-state index contributed by atoms with van der Waals surface area (Å²) in [6.45, 7) is -0.250. The maximum absolute atomic E-state index is 12.2. The lowest BCUT2D eigenvalue weighted by Gasteiger charge is -2.14. The Balaban J connectivity index is 1.95. The molecule has 0 atom stereocenters. The standard InChI is InChI=1S/C16H13BrN2O3/c17-12-5-6-13(11-4-2-1-3-10(11)12)18-14-9-15(21)19(7-8-20)16(14)22/h1-6,9,18,20H,7-8H2. The summed E-state index contributed by atoms with van der Waals surface area (Å²) < 4.78 is 0.957. The van der Waals surface area contributed by atoms with Crippen LogP contribution in [0.15, 0.2) is 52.6 Å². The van der Waals surface area contributed by atoms with Gasteiger partial charge in [-0.05, 0) is 17.5 Å². The van der Waals surface area contributed by atoms with Crippen LogP contribution in [-0.2, 0) is 9.59 Å². The summed E-state index contributed by atoms with van der Waals surface area (Å²) in [6.07, 6.45) is 1.26. The summed E-state index contributed by atoms with van der Waals surface area (Å²) in [5.41, 5.74) is 0.961. The van der Waals surface area contributed by atoms with E-state index in [9.17, 15) is 9.59 Å². The molecule has 0 aromatic heterocycles. The minimum Gasteiger partial charge on any atom is -0.395 e. The van der Waals surface area contributed by atoms with Crippen molar-refractivity contribution in [1.82, 2.24) is 4.90 Å². The van der Waals surface area contributed by atoms with Crippen molar-refractivity contribution < 1.29 is 14.7 Å². The van der Waals surface area contributed by atoms with Crippen molar-refractivity contribution in [3.8, 4) is 0 Å². The van der Waals surface area contributed by atoms with Crippen LogP contribution in [0.4, 0.5) is 5.69 Å². The van der Waals surface area contributed by atoms with E-state index in [1.807, 2.05) is 36.4 Å². The number of aliphatic hydroxyl groups excluding tert-OH is 1. The molecule has 1 aliphatic rings. The molecule has 112 valence electrons. The molecule has 0 saturated heterocycles. The first-order chi connectivity index (χ1) is 10.6. The SMILES string of the molecule is O=C1C=C(Nc2ccc(Br)c3ccccc23)C(=O)N1CCO. The Bertz CT molecular complexity index is 801. The van der Waals surface area contributed by atoms with Crippen LogP contribution in [0.3, 0.4) is 0 Å². The van der Waals surface area contributed by atoms with Gasteiger partial charge in [0, 0.05) is 21.6 Å². The number of nitrogens with one attached hydrogen (secondary N) is 1. The number of hydrogen-bond donors (Lipinski definition) is 2. The van der Waals surface area contributed by atoms with Gasteiger partial charge in [0.2, 0.25) is 0 Å². The third-order valence-electron chi connectivity index (χ3n) is 3.47. The third kappa shape index (κ3) is 2.51. The summed E-state index contributed by atoms with van der Waals surface area (Å²) in [6, 6.07) is 11.5. The number of carbonyl (C=O) groups is 2. The van der Waals surface area contributed by atoms with Crippen LogP contribution in [0.2, 0.25) is 0 Å². The van der Waals surface area contributed by atoms with Gasteiger partial charge in [-0.2, -0.15) is 0 Å². The first-order valence-electron chi connectivity index (χ1n) is 6.74. The number of aliphatic hydroxyl groups is 1. The van der Waals surface area contributed by atoms with Crippen molar-refractivity contribution in [3.05, 3.63) is 52.6 Å². The van der Waals surface area contributed by atoms with Gasteiger partial charge in [-0.3, -0.25) is 14.5 Å². The highest BCUT2D eigenvalue weighted by Crippen LogP contribution is 2.31. The Morgan fingerprint density at radius 2 is 1.82 bits per heavy atom. The van der Waals surface area contributed by atoms with Crippen LogP contribution in [0, 0.1) is 0 Å². The van der Waals surface area contributed by atoms with Crippen LogP contribution in [-0.4, -0.2) is 35.0 Å². The first kappa shape index (κ1) is 14.7. The zero-order valence-corrected chi connectivity index (χ0v) is 13.1. The molecule has 5 nitrogen and oxygen atoms in total. The van der Waals surface area contributed by atoms with Crippen LogP contribution in [0.25, 0.3) is 10.8 Å². The molecular formula is C16H13BrN2O3. The van der Waals surface area contributed by atoms with Gasteiger partial charge in [0.1, 0.15) is 5.70 Å². The molecule has 6 heteroatoms. The van der Waals surface area contributed by atoms with Crippen molar-refractivity contribution >= 4 is 44.2 Å². The maximum atomic E-state index is 12.2. The normalized spacial score (nSPS) is 14.6. The van der Waals surface area contributed by atoms with Gasteiger partial charge < -0.3 is 10.4 Å². The number of benzene rings is 2. The second-order valence-electron chi connectivity index (χ2n) is 4.84. The largest absolute Gasteiger partial charge is 0.395 e. The van der Waals surface area contributed by atoms with Gasteiger partial charge in [0.15, 0.2) is 0 Å². The van der Waals surface area contributed by atoms with Gasteiger partial charge in [-0.25, -0.2) is 0 Å². The van der Waals surface area contributed by atoms with E-state index in [1.165, 1.54) is 6.08 Å². The molecule has 1 aliphatic heterocycles. The molecule has 1 heterocycles. The van der Waals surface area contributed by atoms with Crippen molar-refractivity contribution in [2.75, 3.05) is 18.5 Å². The van der Waals surface area contributed by atoms with Gasteiger partial charge in [-0.15, -0.1) is 0 Å². The fraction of sp³-hybridized carbons (Fsp3) is 0.125. The number of hydrogen-bond acceptors (Lipinski definition) is 4. The van der Waals surface area contributed by atoms with E-state index in [0.717, 1.165) is 25.8 Å². The van der Waals surface area contributed by atoms with E-state index in [2.05, 4.69) is 21.2 Å². The second kappa shape index (κ2) is 5.90. The molecule has 0 unspecified atom stereocenters. The van der Waals surface area contributed by atoms with Crippen LogP contribution in [0.1, 0.15) is 0 Å². The van der Waals surface area contributed by atoms with Gasteiger partial charge in [-0.1, -0.05) is 40.2 Å². The topological polar surface area (TPSA) is 69.6 Å². The number of imide groups is 1. The number of amides is 2. The van der Waals surface area contributed by atoms with Crippen molar-refractivity contribution in [2.24, 2.45) is 0 Å². The Morgan fingerprint density at radius 1 is 1.09 bits per heavy atom. The number of carbonyl (C=O) groups excluding carboxylic acids is 2. The summed E-state index contributed by atoms with van der Waals surface area (Å²) >= 11 is 3.50. The number of nitrogens with zero attached hydrogens (tertiary/aromatic N) is 1. The predicted octanol–water partition coefficient (Wildman–Crippen LogP) is 2.26. The average molecular weight is 361 g/mol. The third-order valence-corrected chi connectivity index (χ3v) is 4.16. The van der Waals surface area contributed by atoms with E-state index in [0.29, 0.717) is 0 Å². The number of anilines is 1. The van der Waals surface area contributed by atoms with Crippen molar-refractivity contribution in [3.63, 3.8) is 0 Å². The zero-order chi connectivity index (χ0) is 15.7. The summed E-state index contributed by atoms with van der Waals surface area (Å²) in [5, 5.41) is 13.9. The fourth-order valence-electron chi connectivity index (χ4n) is 2.43. The number of β-amino-alcohol motifs (C(OH)–C–C–N with tert-alkyl or cyclic N) is 1. The summed E-state index contributed by atoms with van der Waals surface area (Å²) in [7, 11) is 0. The van der Waals surface area contributed by atoms with Crippen molar-refractivity contribution in [2.45, 2.75) is 0 Å². The van der Waals surface area contributed by atoms with Crippen molar-refractivity contribution in [1.29, 1.82) is 0 Å². The number of fused-ring (bicyclic) bond motifs is 1. The minimum atomic E-state index is -0.425. The second-order valence-corrected chi connectivity index (χ2v) is 5.70. The highest BCUT2D eigenvalue weighted by atomic mass is 79.9. The predicted molar refractivity (Wildman–Crippen MR) is 87.2 cm³/mol. The fourth-order valence-corrected chi connectivity index (χ4v) is 2.90.